The Morgan fingerprint density at radius 3 is 2.33 bits per heavy atom. The Labute approximate surface area is 149 Å². The van der Waals surface area contributed by atoms with E-state index in [-0.39, 0.29) is 24.7 Å². The Morgan fingerprint density at radius 2 is 1.62 bits per heavy atom. The summed E-state index contributed by atoms with van der Waals surface area (Å²) >= 11 is 11.7. The van der Waals surface area contributed by atoms with Gasteiger partial charge < -0.3 is 5.32 Å². The lowest BCUT2D eigenvalue weighted by Gasteiger charge is -2.05. The van der Waals surface area contributed by atoms with Gasteiger partial charge in [-0.2, -0.15) is 5.10 Å². The van der Waals surface area contributed by atoms with Gasteiger partial charge in [-0.05, 0) is 35.9 Å². The zero-order valence-corrected chi connectivity index (χ0v) is 14.1. The summed E-state index contributed by atoms with van der Waals surface area (Å²) in [6.07, 6.45) is 1.56. The molecule has 7 heteroatoms. The number of hydrazone groups is 1. The van der Waals surface area contributed by atoms with Crippen molar-refractivity contribution in [2.45, 2.75) is 12.8 Å². The van der Waals surface area contributed by atoms with Crippen molar-refractivity contribution in [1.29, 1.82) is 0 Å². The number of carbonyl (C=O) groups is 2. The van der Waals surface area contributed by atoms with Gasteiger partial charge in [0.15, 0.2) is 0 Å². The molecule has 24 heavy (non-hydrogen) atoms. The highest BCUT2D eigenvalue weighted by molar-refractivity contribution is 6.31. The van der Waals surface area contributed by atoms with Gasteiger partial charge in [-0.1, -0.05) is 41.4 Å². The molecule has 0 radical (unpaired) electrons. The van der Waals surface area contributed by atoms with Crippen LogP contribution in [0.4, 0.5) is 5.69 Å². The Hall–Kier alpha value is -2.37. The number of benzene rings is 2. The quantitative estimate of drug-likeness (QED) is 0.604. The minimum Gasteiger partial charge on any atom is -0.326 e. The zero-order valence-electron chi connectivity index (χ0n) is 12.6. The van der Waals surface area contributed by atoms with Crippen LogP contribution in [-0.4, -0.2) is 18.0 Å². The summed E-state index contributed by atoms with van der Waals surface area (Å²) in [7, 11) is 0. The second kappa shape index (κ2) is 9.05. The van der Waals surface area contributed by atoms with Gasteiger partial charge in [0.2, 0.25) is 11.8 Å². The third-order valence-corrected chi connectivity index (χ3v) is 3.41. The summed E-state index contributed by atoms with van der Waals surface area (Å²) < 4.78 is 0. The molecule has 0 heterocycles. The number of hydrogen-bond donors (Lipinski definition) is 2. The van der Waals surface area contributed by atoms with Crippen molar-refractivity contribution >= 4 is 46.9 Å². The van der Waals surface area contributed by atoms with Crippen molar-refractivity contribution in [1.82, 2.24) is 5.43 Å². The lowest BCUT2D eigenvalue weighted by Crippen LogP contribution is -2.20. The van der Waals surface area contributed by atoms with Crippen LogP contribution in [0.2, 0.25) is 10.0 Å². The molecule has 2 N–H and O–H groups in total. The topological polar surface area (TPSA) is 70.6 Å². The van der Waals surface area contributed by atoms with Crippen LogP contribution in [0.15, 0.2) is 53.6 Å². The Morgan fingerprint density at radius 1 is 0.958 bits per heavy atom. The van der Waals surface area contributed by atoms with Crippen molar-refractivity contribution in [2.75, 3.05) is 5.32 Å². The monoisotopic (exact) mass is 363 g/mol. The van der Waals surface area contributed by atoms with Crippen LogP contribution in [0.25, 0.3) is 0 Å². The van der Waals surface area contributed by atoms with E-state index in [1.807, 2.05) is 0 Å². The molecule has 0 aromatic heterocycles. The molecule has 2 aromatic rings. The van der Waals surface area contributed by atoms with E-state index >= 15 is 0 Å². The van der Waals surface area contributed by atoms with Crippen LogP contribution >= 0.6 is 23.2 Å². The molecule has 0 unspecified atom stereocenters. The molecule has 0 aliphatic rings. The minimum absolute atomic E-state index is 0.0271. The highest BCUT2D eigenvalue weighted by Crippen LogP contribution is 2.15. The Kier molecular flexibility index (Phi) is 6.78. The average Bonchev–Trinajstić information content (AvgIpc) is 2.53. The normalized spacial score (nSPS) is 10.6. The van der Waals surface area contributed by atoms with Gasteiger partial charge in [-0.3, -0.25) is 9.59 Å². The highest BCUT2D eigenvalue weighted by atomic mass is 35.5. The lowest BCUT2D eigenvalue weighted by atomic mass is 10.2. The molecular formula is C17H15Cl2N3O2. The first kappa shape index (κ1) is 18.0. The van der Waals surface area contributed by atoms with Crippen molar-refractivity contribution in [3.63, 3.8) is 0 Å². The third kappa shape index (κ3) is 6.40. The zero-order chi connectivity index (χ0) is 17.4. The van der Waals surface area contributed by atoms with Crippen molar-refractivity contribution in [2.24, 2.45) is 5.10 Å². The second-order valence-corrected chi connectivity index (χ2v) is 5.78. The number of hydrogen-bond acceptors (Lipinski definition) is 3. The number of carbonyl (C=O) groups excluding carboxylic acids is 2. The van der Waals surface area contributed by atoms with Crippen LogP contribution < -0.4 is 10.7 Å². The largest absolute Gasteiger partial charge is 0.326 e. The van der Waals surface area contributed by atoms with Gasteiger partial charge in [0.1, 0.15) is 0 Å². The molecule has 0 atom stereocenters. The van der Waals surface area contributed by atoms with E-state index < -0.39 is 0 Å². The van der Waals surface area contributed by atoms with Crippen LogP contribution in [0.5, 0.6) is 0 Å². The van der Waals surface area contributed by atoms with Crippen molar-refractivity contribution < 1.29 is 9.59 Å². The van der Waals surface area contributed by atoms with E-state index in [0.29, 0.717) is 15.7 Å². The first-order valence-electron chi connectivity index (χ1n) is 7.16. The van der Waals surface area contributed by atoms with Gasteiger partial charge in [0.25, 0.3) is 0 Å². The summed E-state index contributed by atoms with van der Waals surface area (Å²) in [5.41, 5.74) is 3.72. The molecule has 0 aliphatic carbocycles. The van der Waals surface area contributed by atoms with Gasteiger partial charge in [-0.15, -0.1) is 0 Å². The molecule has 124 valence electrons. The molecule has 0 bridgehead atoms. The fourth-order valence-corrected chi connectivity index (χ4v) is 2.23. The van der Waals surface area contributed by atoms with Gasteiger partial charge in [-0.25, -0.2) is 5.43 Å². The molecular weight excluding hydrogens is 349 g/mol. The highest BCUT2D eigenvalue weighted by Gasteiger charge is 2.07. The fraction of sp³-hybridized carbons (Fsp3) is 0.118. The standard InChI is InChI=1S/C17H15Cl2N3O2/c18-13-4-1-3-12(9-13)11-20-22-17(24)8-7-16(23)21-15-6-2-5-14(19)10-15/h1-6,9-11H,7-8H2,(H,21,23)(H,22,24)/b20-11+. The number of rotatable bonds is 6. The molecule has 0 fully saturated rings. The molecule has 2 amide bonds. The van der Waals surface area contributed by atoms with Gasteiger partial charge in [0, 0.05) is 28.6 Å². The van der Waals surface area contributed by atoms with Crippen molar-refractivity contribution in [3.05, 3.63) is 64.1 Å². The third-order valence-electron chi connectivity index (χ3n) is 2.94. The number of nitrogens with zero attached hydrogens (tertiary/aromatic N) is 1. The van der Waals surface area contributed by atoms with Crippen LogP contribution in [-0.2, 0) is 9.59 Å². The molecule has 0 saturated heterocycles. The average molecular weight is 364 g/mol. The maximum Gasteiger partial charge on any atom is 0.240 e. The summed E-state index contributed by atoms with van der Waals surface area (Å²) in [4.78, 5) is 23.4. The molecule has 2 aromatic carbocycles. The van der Waals surface area contributed by atoms with Crippen molar-refractivity contribution in [3.8, 4) is 0 Å². The van der Waals surface area contributed by atoms with Crippen LogP contribution in [0.3, 0.4) is 0 Å². The predicted octanol–water partition coefficient (Wildman–Crippen LogP) is 3.86. The van der Waals surface area contributed by atoms with Crippen LogP contribution in [0, 0.1) is 0 Å². The SMILES string of the molecule is O=C(CCC(=O)Nc1cccc(Cl)c1)N/N=C/c1cccc(Cl)c1. The molecule has 0 spiro atoms. The number of anilines is 1. The van der Waals surface area contributed by atoms with E-state index in [4.69, 9.17) is 23.2 Å². The van der Waals surface area contributed by atoms with E-state index in [2.05, 4.69) is 15.8 Å². The Balaban J connectivity index is 1.73. The lowest BCUT2D eigenvalue weighted by molar-refractivity contribution is -0.124. The summed E-state index contributed by atoms with van der Waals surface area (Å²) in [6.45, 7) is 0. The van der Waals surface area contributed by atoms with E-state index in [0.717, 1.165) is 5.56 Å². The first-order chi connectivity index (χ1) is 11.5. The molecule has 0 aliphatic heterocycles. The van der Waals surface area contributed by atoms with E-state index in [1.54, 1.807) is 48.5 Å². The maximum absolute atomic E-state index is 11.8. The van der Waals surface area contributed by atoms with E-state index in [1.165, 1.54) is 6.21 Å². The first-order valence-corrected chi connectivity index (χ1v) is 7.91. The molecule has 5 nitrogen and oxygen atoms in total. The predicted molar refractivity (Wildman–Crippen MR) is 96.5 cm³/mol. The Bertz CT molecular complexity index is 763. The van der Waals surface area contributed by atoms with Gasteiger partial charge >= 0.3 is 0 Å². The van der Waals surface area contributed by atoms with E-state index in [9.17, 15) is 9.59 Å². The number of amides is 2. The molecule has 2 rings (SSSR count). The maximum atomic E-state index is 11.8. The fourth-order valence-electron chi connectivity index (χ4n) is 1.84. The number of halogens is 2. The smallest absolute Gasteiger partial charge is 0.240 e. The minimum atomic E-state index is -0.352. The number of nitrogens with one attached hydrogen (secondary N) is 2. The second-order valence-electron chi connectivity index (χ2n) is 4.91. The summed E-state index contributed by atoms with van der Waals surface area (Å²) in [5.74, 6) is -0.624. The molecule has 0 saturated carbocycles. The summed E-state index contributed by atoms with van der Waals surface area (Å²) in [6, 6.07) is 13.9. The van der Waals surface area contributed by atoms with Crippen LogP contribution in [0.1, 0.15) is 18.4 Å². The summed E-state index contributed by atoms with van der Waals surface area (Å²) in [5, 5.41) is 7.61. The van der Waals surface area contributed by atoms with Gasteiger partial charge in [0.05, 0.1) is 6.21 Å².